The minimum atomic E-state index is -2.84. The third kappa shape index (κ3) is 3.18. The third-order valence-corrected chi connectivity index (χ3v) is 6.86. The van der Waals surface area contributed by atoms with E-state index in [1.54, 1.807) is 0 Å². The normalized spacial score (nSPS) is 36.5. The van der Waals surface area contributed by atoms with Gasteiger partial charge in [0.1, 0.15) is 0 Å². The molecule has 0 bridgehead atoms. The van der Waals surface area contributed by atoms with E-state index in [4.69, 9.17) is 0 Å². The summed E-state index contributed by atoms with van der Waals surface area (Å²) < 4.78 is 44.8. The zero-order valence-electron chi connectivity index (χ0n) is 9.05. The second kappa shape index (κ2) is 4.27. The Morgan fingerprint density at radius 3 is 2.06 bits per heavy atom. The van der Waals surface area contributed by atoms with E-state index in [0.717, 1.165) is 0 Å². The minimum absolute atomic E-state index is 0.0216. The number of hydrogen-bond acceptors (Lipinski definition) is 5. The monoisotopic (exact) mass is 267 g/mol. The molecule has 2 fully saturated rings. The summed E-state index contributed by atoms with van der Waals surface area (Å²) in [6, 6.07) is 0.0216. The van der Waals surface area contributed by atoms with Crippen molar-refractivity contribution in [3.05, 3.63) is 0 Å². The van der Waals surface area contributed by atoms with Gasteiger partial charge in [0.2, 0.25) is 0 Å². The molecule has 0 aromatic rings. The summed E-state index contributed by atoms with van der Waals surface area (Å²) in [4.78, 5) is 0. The van der Waals surface area contributed by atoms with Crippen LogP contribution in [-0.2, 0) is 19.7 Å². The first kappa shape index (κ1) is 12.3. The van der Waals surface area contributed by atoms with Crippen LogP contribution >= 0.6 is 0 Å². The predicted molar refractivity (Wildman–Crippen MR) is 61.8 cm³/mol. The van der Waals surface area contributed by atoms with Gasteiger partial charge in [-0.05, 0) is 25.3 Å². The highest BCUT2D eigenvalue weighted by atomic mass is 32.2. The molecular formula is C9H17NO4S2. The van der Waals surface area contributed by atoms with Gasteiger partial charge in [0.05, 0.1) is 23.0 Å². The molecule has 2 atom stereocenters. The summed E-state index contributed by atoms with van der Waals surface area (Å²) in [7, 11) is -5.67. The average molecular weight is 267 g/mol. The van der Waals surface area contributed by atoms with Crippen LogP contribution in [0.2, 0.25) is 0 Å². The maximum absolute atomic E-state index is 11.2. The molecule has 94 valence electrons. The maximum Gasteiger partial charge on any atom is 0.151 e. The van der Waals surface area contributed by atoms with Crippen LogP contribution in [0.3, 0.4) is 0 Å². The van der Waals surface area contributed by atoms with Crippen LogP contribution in [0, 0.1) is 5.92 Å². The van der Waals surface area contributed by atoms with Crippen LogP contribution in [0.25, 0.3) is 0 Å². The zero-order chi connectivity index (χ0) is 11.8. The quantitative estimate of drug-likeness (QED) is 0.724. The standard InChI is InChI=1S/C9H17NO4S2/c11-15(12)3-1-8(6-15)5-10-9-2-4-16(13,14)7-9/h8-10H,1-7H2. The molecule has 16 heavy (non-hydrogen) atoms. The molecule has 0 amide bonds. The first-order chi connectivity index (χ1) is 7.36. The SMILES string of the molecule is O=S1(=O)CCC(CNC2CCS(=O)(=O)C2)C1. The Morgan fingerprint density at radius 1 is 0.938 bits per heavy atom. The highest BCUT2D eigenvalue weighted by Gasteiger charge is 2.31. The van der Waals surface area contributed by atoms with Gasteiger partial charge in [-0.3, -0.25) is 0 Å². The van der Waals surface area contributed by atoms with Crippen molar-refractivity contribution >= 4 is 19.7 Å². The van der Waals surface area contributed by atoms with Crippen molar-refractivity contribution in [2.75, 3.05) is 29.6 Å². The van der Waals surface area contributed by atoms with Crippen molar-refractivity contribution in [1.29, 1.82) is 0 Å². The fraction of sp³-hybridized carbons (Fsp3) is 1.00. The third-order valence-electron chi connectivity index (χ3n) is 3.25. The van der Waals surface area contributed by atoms with E-state index >= 15 is 0 Å². The zero-order valence-corrected chi connectivity index (χ0v) is 10.7. The molecule has 0 aliphatic carbocycles. The van der Waals surface area contributed by atoms with Gasteiger partial charge in [-0.1, -0.05) is 0 Å². The molecule has 0 saturated carbocycles. The van der Waals surface area contributed by atoms with Crippen molar-refractivity contribution in [3.8, 4) is 0 Å². The first-order valence-corrected chi connectivity index (χ1v) is 9.15. The number of hydrogen-bond donors (Lipinski definition) is 1. The van der Waals surface area contributed by atoms with Crippen LogP contribution in [0.4, 0.5) is 0 Å². The number of rotatable bonds is 3. The van der Waals surface area contributed by atoms with E-state index in [1.807, 2.05) is 0 Å². The van der Waals surface area contributed by atoms with Crippen molar-refractivity contribution < 1.29 is 16.8 Å². The van der Waals surface area contributed by atoms with Gasteiger partial charge in [-0.25, -0.2) is 16.8 Å². The molecule has 0 spiro atoms. The van der Waals surface area contributed by atoms with Gasteiger partial charge >= 0.3 is 0 Å². The number of sulfone groups is 2. The molecule has 2 saturated heterocycles. The molecule has 2 aliphatic rings. The summed E-state index contributed by atoms with van der Waals surface area (Å²) in [5.41, 5.74) is 0. The van der Waals surface area contributed by atoms with E-state index in [0.29, 0.717) is 19.4 Å². The average Bonchev–Trinajstić information content (AvgIpc) is 2.66. The Bertz CT molecular complexity index is 410. The van der Waals surface area contributed by atoms with Crippen molar-refractivity contribution in [1.82, 2.24) is 5.32 Å². The molecule has 2 aliphatic heterocycles. The summed E-state index contributed by atoms with van der Waals surface area (Å²) in [6.07, 6.45) is 1.36. The Balaban J connectivity index is 1.77. The molecule has 5 nitrogen and oxygen atoms in total. The van der Waals surface area contributed by atoms with Gasteiger partial charge in [-0.15, -0.1) is 0 Å². The summed E-state index contributed by atoms with van der Waals surface area (Å²) in [5, 5.41) is 3.17. The minimum Gasteiger partial charge on any atom is -0.313 e. The Kier molecular flexibility index (Phi) is 3.29. The topological polar surface area (TPSA) is 80.3 Å². The van der Waals surface area contributed by atoms with Gasteiger partial charge in [0.15, 0.2) is 19.7 Å². The molecule has 2 rings (SSSR count). The summed E-state index contributed by atoms with van der Waals surface area (Å²) >= 11 is 0. The van der Waals surface area contributed by atoms with Crippen molar-refractivity contribution in [3.63, 3.8) is 0 Å². The Labute approximate surface area is 96.4 Å². The molecule has 2 unspecified atom stereocenters. The maximum atomic E-state index is 11.2. The summed E-state index contributed by atoms with van der Waals surface area (Å²) in [5.74, 6) is 1.15. The number of nitrogens with one attached hydrogen (secondary N) is 1. The smallest absolute Gasteiger partial charge is 0.151 e. The Hall–Kier alpha value is -0.140. The fourth-order valence-electron chi connectivity index (χ4n) is 2.32. The van der Waals surface area contributed by atoms with E-state index < -0.39 is 19.7 Å². The lowest BCUT2D eigenvalue weighted by Crippen LogP contribution is -2.34. The van der Waals surface area contributed by atoms with Gasteiger partial charge < -0.3 is 5.32 Å². The van der Waals surface area contributed by atoms with Crippen LogP contribution in [0.15, 0.2) is 0 Å². The van der Waals surface area contributed by atoms with Crippen LogP contribution in [0.5, 0.6) is 0 Å². The molecule has 7 heteroatoms. The molecule has 0 aromatic heterocycles. The second-order valence-electron chi connectivity index (χ2n) is 4.78. The van der Waals surface area contributed by atoms with Crippen molar-refractivity contribution in [2.45, 2.75) is 18.9 Å². The molecular weight excluding hydrogens is 250 g/mol. The lowest BCUT2D eigenvalue weighted by Gasteiger charge is -2.13. The highest BCUT2D eigenvalue weighted by molar-refractivity contribution is 7.91. The molecule has 0 radical (unpaired) electrons. The largest absolute Gasteiger partial charge is 0.313 e. The van der Waals surface area contributed by atoms with E-state index in [1.165, 1.54) is 0 Å². The van der Waals surface area contributed by atoms with Gasteiger partial charge in [0.25, 0.3) is 0 Å². The molecule has 1 N–H and O–H groups in total. The van der Waals surface area contributed by atoms with E-state index in [-0.39, 0.29) is 35.0 Å². The van der Waals surface area contributed by atoms with Crippen LogP contribution < -0.4 is 5.32 Å². The van der Waals surface area contributed by atoms with Crippen molar-refractivity contribution in [2.24, 2.45) is 5.92 Å². The van der Waals surface area contributed by atoms with E-state index in [2.05, 4.69) is 5.32 Å². The first-order valence-electron chi connectivity index (χ1n) is 5.50. The van der Waals surface area contributed by atoms with Crippen LogP contribution in [-0.4, -0.2) is 52.4 Å². The fourth-order valence-corrected chi connectivity index (χ4v) is 5.89. The predicted octanol–water partition coefficient (Wildman–Crippen LogP) is -0.802. The second-order valence-corrected chi connectivity index (χ2v) is 9.23. The lowest BCUT2D eigenvalue weighted by atomic mass is 10.1. The molecule has 2 heterocycles. The molecule has 0 aromatic carbocycles. The lowest BCUT2D eigenvalue weighted by molar-refractivity contribution is 0.470. The highest BCUT2D eigenvalue weighted by Crippen LogP contribution is 2.18. The van der Waals surface area contributed by atoms with Gasteiger partial charge in [-0.2, -0.15) is 0 Å². The van der Waals surface area contributed by atoms with E-state index in [9.17, 15) is 16.8 Å². The van der Waals surface area contributed by atoms with Gasteiger partial charge in [0, 0.05) is 6.04 Å². The van der Waals surface area contributed by atoms with Crippen LogP contribution in [0.1, 0.15) is 12.8 Å². The summed E-state index contributed by atoms with van der Waals surface area (Å²) in [6.45, 7) is 0.624. The Morgan fingerprint density at radius 2 is 1.56 bits per heavy atom.